The van der Waals surface area contributed by atoms with Crippen LogP contribution in [0.2, 0.25) is 0 Å². The van der Waals surface area contributed by atoms with Crippen molar-refractivity contribution in [3.05, 3.63) is 0 Å². The number of phosphoric acid groups is 2. The Morgan fingerprint density at radius 1 is 0.337 bits per heavy atom. The van der Waals surface area contributed by atoms with Crippen molar-refractivity contribution < 1.29 is 80.2 Å². The molecule has 17 nitrogen and oxygen atoms in total. The van der Waals surface area contributed by atoms with E-state index in [1.165, 1.54) is 128 Å². The molecule has 0 bridgehead atoms. The standard InChI is InChI=1S/C67H130O17P2/c1-8-10-11-12-24-34-41-48-64(69)77-54-63(84-67(72)51-44-37-30-29-33-40-47-60(7)9-2)57-82-86(75,76)80-53-61(68)52-79-85(73,74)81-56-62(55-78-65(70)49-42-35-27-23-22-26-32-39-46-59(5)6)83-66(71)50-43-36-28-21-19-17-15-13-14-16-18-20-25-31-38-45-58(3)4/h58-63,68H,8-57H2,1-7H3,(H,73,74)(H,75,76)/t60?,61-,62-,63-/m1/s1. The lowest BCUT2D eigenvalue weighted by Gasteiger charge is -2.21. The summed E-state index contributed by atoms with van der Waals surface area (Å²) in [5.74, 6) is 0.111. The molecule has 0 aromatic rings. The van der Waals surface area contributed by atoms with Crippen molar-refractivity contribution in [2.24, 2.45) is 17.8 Å². The molecule has 0 spiro atoms. The maximum absolute atomic E-state index is 13.0. The molecule has 0 saturated heterocycles. The minimum Gasteiger partial charge on any atom is -0.462 e. The number of esters is 4. The smallest absolute Gasteiger partial charge is 0.462 e. The summed E-state index contributed by atoms with van der Waals surface area (Å²) >= 11 is 0. The van der Waals surface area contributed by atoms with Gasteiger partial charge < -0.3 is 33.8 Å². The van der Waals surface area contributed by atoms with E-state index >= 15 is 0 Å². The number of unbranched alkanes of at least 4 members (excludes halogenated alkanes) is 32. The predicted octanol–water partition coefficient (Wildman–Crippen LogP) is 18.7. The molecule has 0 saturated carbocycles. The molecule has 19 heteroatoms. The quantitative estimate of drug-likeness (QED) is 0.0222. The number of hydrogen-bond donors (Lipinski definition) is 3. The molecule has 3 unspecified atom stereocenters. The van der Waals surface area contributed by atoms with Gasteiger partial charge in [-0.2, -0.15) is 0 Å². The van der Waals surface area contributed by atoms with E-state index in [1.807, 2.05) is 0 Å². The van der Waals surface area contributed by atoms with Gasteiger partial charge in [0.15, 0.2) is 12.2 Å². The molecule has 0 aromatic heterocycles. The van der Waals surface area contributed by atoms with Crippen molar-refractivity contribution in [2.75, 3.05) is 39.6 Å². The molecule has 0 aliphatic carbocycles. The second-order valence-electron chi connectivity index (χ2n) is 25.4. The highest BCUT2D eigenvalue weighted by molar-refractivity contribution is 7.47. The molecule has 0 radical (unpaired) electrons. The molecule has 0 aliphatic rings. The molecule has 86 heavy (non-hydrogen) atoms. The third-order valence-electron chi connectivity index (χ3n) is 15.7. The molecule has 0 aromatic carbocycles. The van der Waals surface area contributed by atoms with Crippen LogP contribution in [0.25, 0.3) is 0 Å². The Morgan fingerprint density at radius 3 is 0.884 bits per heavy atom. The molecular formula is C67H130O17P2. The zero-order valence-electron chi connectivity index (χ0n) is 55.8. The van der Waals surface area contributed by atoms with E-state index in [0.29, 0.717) is 25.7 Å². The second kappa shape index (κ2) is 58.2. The number of carbonyl (C=O) groups is 4. The Morgan fingerprint density at radius 2 is 0.593 bits per heavy atom. The molecule has 510 valence electrons. The van der Waals surface area contributed by atoms with Gasteiger partial charge in [0.1, 0.15) is 19.3 Å². The fourth-order valence-corrected chi connectivity index (χ4v) is 11.6. The topological polar surface area (TPSA) is 237 Å². The Hall–Kier alpha value is -1.94. The predicted molar refractivity (Wildman–Crippen MR) is 344 cm³/mol. The summed E-state index contributed by atoms with van der Waals surface area (Å²) < 4.78 is 68.0. The van der Waals surface area contributed by atoms with Gasteiger partial charge in [0.25, 0.3) is 0 Å². The van der Waals surface area contributed by atoms with Gasteiger partial charge in [-0.1, -0.05) is 280 Å². The first kappa shape index (κ1) is 84.1. The Balaban J connectivity index is 5.19. The monoisotopic (exact) mass is 1270 g/mol. The fourth-order valence-electron chi connectivity index (χ4n) is 9.98. The molecule has 0 heterocycles. The summed E-state index contributed by atoms with van der Waals surface area (Å²) in [6.45, 7) is 11.7. The van der Waals surface area contributed by atoms with Crippen LogP contribution < -0.4 is 0 Å². The summed E-state index contributed by atoms with van der Waals surface area (Å²) in [7, 11) is -9.89. The number of aliphatic hydroxyl groups excluding tert-OH is 1. The van der Waals surface area contributed by atoms with Crippen LogP contribution in [0.5, 0.6) is 0 Å². The number of aliphatic hydroxyl groups is 1. The highest BCUT2D eigenvalue weighted by atomic mass is 31.2. The van der Waals surface area contributed by atoms with Gasteiger partial charge in [0.2, 0.25) is 0 Å². The minimum absolute atomic E-state index is 0.102. The number of ether oxygens (including phenoxy) is 4. The third-order valence-corrected chi connectivity index (χ3v) is 17.6. The number of hydrogen-bond acceptors (Lipinski definition) is 15. The molecule has 0 fully saturated rings. The lowest BCUT2D eigenvalue weighted by atomic mass is 10.00. The summed E-state index contributed by atoms with van der Waals surface area (Å²) in [6.07, 6.45) is 40.6. The van der Waals surface area contributed by atoms with Gasteiger partial charge in [-0.15, -0.1) is 0 Å². The lowest BCUT2D eigenvalue weighted by molar-refractivity contribution is -0.161. The molecule has 0 amide bonds. The van der Waals surface area contributed by atoms with Crippen molar-refractivity contribution in [1.82, 2.24) is 0 Å². The SMILES string of the molecule is CCCCCCCCCC(=O)OC[C@H](COP(=O)(O)OC[C@H](O)COP(=O)(O)OC[C@@H](COC(=O)CCCCCCCCCCC(C)C)OC(=O)CCCCCCCCCCCCCCCCCC(C)C)OC(=O)CCCCCCCCC(C)CC. The lowest BCUT2D eigenvalue weighted by Crippen LogP contribution is -2.30. The first-order chi connectivity index (χ1) is 41.3. The van der Waals surface area contributed by atoms with Crippen molar-refractivity contribution in [2.45, 2.75) is 349 Å². The van der Waals surface area contributed by atoms with E-state index in [-0.39, 0.29) is 25.7 Å². The van der Waals surface area contributed by atoms with Crippen LogP contribution >= 0.6 is 15.6 Å². The van der Waals surface area contributed by atoms with Gasteiger partial charge in [-0.05, 0) is 43.4 Å². The minimum atomic E-state index is -4.95. The summed E-state index contributed by atoms with van der Waals surface area (Å²) in [6, 6.07) is 0. The van der Waals surface area contributed by atoms with Crippen molar-refractivity contribution in [1.29, 1.82) is 0 Å². The van der Waals surface area contributed by atoms with Crippen LogP contribution in [0.15, 0.2) is 0 Å². The Labute approximate surface area is 524 Å². The van der Waals surface area contributed by atoms with Crippen LogP contribution in [-0.4, -0.2) is 96.7 Å². The van der Waals surface area contributed by atoms with Crippen molar-refractivity contribution in [3.8, 4) is 0 Å². The van der Waals surface area contributed by atoms with Crippen LogP contribution in [0, 0.1) is 17.8 Å². The zero-order valence-corrected chi connectivity index (χ0v) is 57.6. The van der Waals surface area contributed by atoms with Crippen molar-refractivity contribution >= 4 is 39.5 Å². The van der Waals surface area contributed by atoms with E-state index < -0.39 is 97.5 Å². The average molecular weight is 1270 g/mol. The summed E-state index contributed by atoms with van der Waals surface area (Å²) in [5.41, 5.74) is 0. The van der Waals surface area contributed by atoms with E-state index in [4.69, 9.17) is 37.0 Å². The second-order valence-corrected chi connectivity index (χ2v) is 28.3. The van der Waals surface area contributed by atoms with E-state index in [0.717, 1.165) is 120 Å². The third kappa shape index (κ3) is 59.7. The highest BCUT2D eigenvalue weighted by Gasteiger charge is 2.30. The van der Waals surface area contributed by atoms with Gasteiger partial charge in [-0.3, -0.25) is 37.3 Å². The molecule has 0 rings (SSSR count). The first-order valence-corrected chi connectivity index (χ1v) is 37.9. The van der Waals surface area contributed by atoms with Crippen LogP contribution in [0.3, 0.4) is 0 Å². The zero-order chi connectivity index (χ0) is 63.8. The molecule has 0 aliphatic heterocycles. The fraction of sp³-hybridized carbons (Fsp3) is 0.940. The Bertz CT molecular complexity index is 1700. The molecule has 6 atom stereocenters. The van der Waals surface area contributed by atoms with Gasteiger partial charge in [-0.25, -0.2) is 9.13 Å². The van der Waals surface area contributed by atoms with Crippen molar-refractivity contribution in [3.63, 3.8) is 0 Å². The maximum Gasteiger partial charge on any atom is 0.472 e. The van der Waals surface area contributed by atoms with Gasteiger partial charge in [0, 0.05) is 25.7 Å². The maximum atomic E-state index is 13.0. The summed E-state index contributed by atoms with van der Waals surface area (Å²) in [4.78, 5) is 72.2. The molecular weight excluding hydrogens is 1140 g/mol. The van der Waals surface area contributed by atoms with Gasteiger partial charge >= 0.3 is 39.5 Å². The Kier molecular flexibility index (Phi) is 56.9. The normalized spacial score (nSPS) is 14.6. The van der Waals surface area contributed by atoms with Crippen LogP contribution in [0.1, 0.15) is 331 Å². The van der Waals surface area contributed by atoms with E-state index in [2.05, 4.69) is 48.5 Å². The number of rotatable bonds is 65. The summed E-state index contributed by atoms with van der Waals surface area (Å²) in [5, 5.41) is 10.5. The van der Waals surface area contributed by atoms with Crippen LogP contribution in [-0.2, 0) is 65.4 Å². The largest absolute Gasteiger partial charge is 0.472 e. The number of carbonyl (C=O) groups excluding carboxylic acids is 4. The van der Waals surface area contributed by atoms with Gasteiger partial charge in [0.05, 0.1) is 26.4 Å². The highest BCUT2D eigenvalue weighted by Crippen LogP contribution is 2.45. The van der Waals surface area contributed by atoms with Crippen LogP contribution in [0.4, 0.5) is 0 Å². The van der Waals surface area contributed by atoms with E-state index in [1.54, 1.807) is 0 Å². The first-order valence-electron chi connectivity index (χ1n) is 34.9. The molecule has 3 N–H and O–H groups in total. The number of phosphoric ester groups is 2. The van der Waals surface area contributed by atoms with E-state index in [9.17, 15) is 43.2 Å². The average Bonchev–Trinajstić information content (AvgIpc) is 3.64.